The molecular formula is C9H10F3NO2S. The van der Waals surface area contributed by atoms with Crippen LogP contribution in [0.15, 0.2) is 23.2 Å². The minimum absolute atomic E-state index is 0.102. The van der Waals surface area contributed by atoms with Gasteiger partial charge >= 0.3 is 6.18 Å². The summed E-state index contributed by atoms with van der Waals surface area (Å²) in [4.78, 5) is 3.40. The molecule has 0 aliphatic carbocycles. The van der Waals surface area contributed by atoms with Crippen LogP contribution >= 0.6 is 11.8 Å². The second kappa shape index (κ2) is 5.51. The Bertz CT molecular complexity index is 346. The standard InChI is InChI=1S/C9H10F3NO2S/c10-9(11,12)7-2-1-3-8(13-7)16-5-6(15)4-14/h1-3,6,14-15H,4-5H2. The van der Waals surface area contributed by atoms with Crippen LogP contribution in [0.2, 0.25) is 0 Å². The number of halogens is 3. The molecule has 16 heavy (non-hydrogen) atoms. The van der Waals surface area contributed by atoms with Crippen LogP contribution in [0.4, 0.5) is 13.2 Å². The zero-order valence-corrected chi connectivity index (χ0v) is 8.92. The van der Waals surface area contributed by atoms with Gasteiger partial charge in [-0.05, 0) is 12.1 Å². The predicted molar refractivity (Wildman–Crippen MR) is 53.1 cm³/mol. The molecule has 0 saturated carbocycles. The van der Waals surface area contributed by atoms with Gasteiger partial charge in [0, 0.05) is 5.75 Å². The van der Waals surface area contributed by atoms with Gasteiger partial charge in [-0.25, -0.2) is 4.98 Å². The molecule has 1 heterocycles. The Hall–Kier alpha value is -0.790. The minimum Gasteiger partial charge on any atom is -0.394 e. The van der Waals surface area contributed by atoms with Crippen molar-refractivity contribution in [1.82, 2.24) is 4.98 Å². The van der Waals surface area contributed by atoms with E-state index in [1.165, 1.54) is 12.1 Å². The fourth-order valence-corrected chi connectivity index (χ4v) is 1.69. The molecule has 1 atom stereocenters. The molecular weight excluding hydrogens is 243 g/mol. The highest BCUT2D eigenvalue weighted by molar-refractivity contribution is 7.99. The number of aromatic nitrogens is 1. The summed E-state index contributed by atoms with van der Waals surface area (Å²) in [5.41, 5.74) is -0.962. The van der Waals surface area contributed by atoms with E-state index in [0.29, 0.717) is 0 Å². The lowest BCUT2D eigenvalue weighted by Crippen LogP contribution is -2.15. The average Bonchev–Trinajstić information content (AvgIpc) is 2.25. The summed E-state index contributed by atoms with van der Waals surface area (Å²) in [7, 11) is 0. The van der Waals surface area contributed by atoms with Crippen molar-refractivity contribution in [3.63, 3.8) is 0 Å². The molecule has 0 saturated heterocycles. The summed E-state index contributed by atoms with van der Waals surface area (Å²) in [5.74, 6) is 0.102. The average molecular weight is 253 g/mol. The first-order valence-electron chi connectivity index (χ1n) is 4.39. The highest BCUT2D eigenvalue weighted by Crippen LogP contribution is 2.29. The van der Waals surface area contributed by atoms with Crippen LogP contribution < -0.4 is 0 Å². The lowest BCUT2D eigenvalue weighted by Gasteiger charge is -2.08. The van der Waals surface area contributed by atoms with Gasteiger partial charge in [-0.1, -0.05) is 6.07 Å². The van der Waals surface area contributed by atoms with Crippen LogP contribution in [0.5, 0.6) is 0 Å². The number of hydrogen-bond acceptors (Lipinski definition) is 4. The predicted octanol–water partition coefficient (Wildman–Crippen LogP) is 1.55. The van der Waals surface area contributed by atoms with Gasteiger partial charge in [-0.3, -0.25) is 0 Å². The van der Waals surface area contributed by atoms with Gasteiger partial charge in [0.1, 0.15) is 5.69 Å². The van der Waals surface area contributed by atoms with Crippen LogP contribution in [0.25, 0.3) is 0 Å². The highest BCUT2D eigenvalue weighted by Gasteiger charge is 2.32. The number of aliphatic hydroxyl groups is 2. The van der Waals surface area contributed by atoms with E-state index in [0.717, 1.165) is 17.8 Å². The summed E-state index contributed by atoms with van der Waals surface area (Å²) in [6, 6.07) is 3.56. The van der Waals surface area contributed by atoms with Gasteiger partial charge in [-0.15, -0.1) is 11.8 Å². The van der Waals surface area contributed by atoms with Crippen molar-refractivity contribution in [3.8, 4) is 0 Å². The molecule has 0 bridgehead atoms. The van der Waals surface area contributed by atoms with E-state index < -0.39 is 24.6 Å². The SMILES string of the molecule is OCC(O)CSc1cccc(C(F)(F)F)n1. The fourth-order valence-electron chi connectivity index (χ4n) is 0.887. The molecule has 0 radical (unpaired) electrons. The molecule has 0 fully saturated rings. The Morgan fingerprint density at radius 3 is 2.62 bits per heavy atom. The molecule has 1 aromatic heterocycles. The summed E-state index contributed by atoms with van der Waals surface area (Å²) in [6.07, 6.45) is -5.42. The Morgan fingerprint density at radius 1 is 1.38 bits per heavy atom. The van der Waals surface area contributed by atoms with E-state index in [4.69, 9.17) is 10.2 Å². The first kappa shape index (κ1) is 13.3. The molecule has 90 valence electrons. The van der Waals surface area contributed by atoms with E-state index in [-0.39, 0.29) is 10.8 Å². The largest absolute Gasteiger partial charge is 0.433 e. The van der Waals surface area contributed by atoms with Crippen LogP contribution in [0.3, 0.4) is 0 Å². The third-order valence-electron chi connectivity index (χ3n) is 1.65. The monoisotopic (exact) mass is 253 g/mol. The first-order chi connectivity index (χ1) is 7.43. The van der Waals surface area contributed by atoms with Gasteiger partial charge in [0.2, 0.25) is 0 Å². The van der Waals surface area contributed by atoms with Crippen molar-refractivity contribution in [1.29, 1.82) is 0 Å². The number of alkyl halides is 3. The fraction of sp³-hybridized carbons (Fsp3) is 0.444. The molecule has 1 aromatic rings. The molecule has 0 aromatic carbocycles. The molecule has 0 amide bonds. The Morgan fingerprint density at radius 2 is 2.06 bits per heavy atom. The zero-order valence-electron chi connectivity index (χ0n) is 8.11. The van der Waals surface area contributed by atoms with Gasteiger partial charge in [0.25, 0.3) is 0 Å². The second-order valence-electron chi connectivity index (χ2n) is 3.01. The summed E-state index contributed by atoms with van der Waals surface area (Å²) >= 11 is 0.962. The zero-order chi connectivity index (χ0) is 12.2. The third-order valence-corrected chi connectivity index (χ3v) is 2.72. The van der Waals surface area contributed by atoms with E-state index in [1.807, 2.05) is 0 Å². The van der Waals surface area contributed by atoms with Crippen LogP contribution in [0, 0.1) is 0 Å². The Labute approximate surface area is 94.3 Å². The lowest BCUT2D eigenvalue weighted by molar-refractivity contribution is -0.141. The van der Waals surface area contributed by atoms with E-state index in [9.17, 15) is 13.2 Å². The maximum absolute atomic E-state index is 12.3. The summed E-state index contributed by atoms with van der Waals surface area (Å²) in [5, 5.41) is 17.7. The van der Waals surface area contributed by atoms with Gasteiger partial charge in [0.15, 0.2) is 0 Å². The van der Waals surface area contributed by atoms with Crippen molar-refractivity contribution >= 4 is 11.8 Å². The molecule has 0 spiro atoms. The first-order valence-corrected chi connectivity index (χ1v) is 5.38. The molecule has 0 aliphatic rings. The third kappa shape index (κ3) is 3.99. The van der Waals surface area contributed by atoms with Crippen molar-refractivity contribution in [2.24, 2.45) is 0 Å². The molecule has 7 heteroatoms. The number of pyridine rings is 1. The second-order valence-corrected chi connectivity index (χ2v) is 4.05. The van der Waals surface area contributed by atoms with Gasteiger partial charge < -0.3 is 10.2 Å². The topological polar surface area (TPSA) is 53.4 Å². The molecule has 1 rings (SSSR count). The van der Waals surface area contributed by atoms with Crippen LogP contribution in [-0.4, -0.2) is 33.7 Å². The highest BCUT2D eigenvalue weighted by atomic mass is 32.2. The van der Waals surface area contributed by atoms with E-state index in [1.54, 1.807) is 0 Å². The molecule has 1 unspecified atom stereocenters. The number of nitrogens with zero attached hydrogens (tertiary/aromatic N) is 1. The van der Waals surface area contributed by atoms with Crippen molar-refractivity contribution in [3.05, 3.63) is 23.9 Å². The maximum atomic E-state index is 12.3. The normalized spacial score (nSPS) is 13.8. The Kier molecular flexibility index (Phi) is 4.57. The van der Waals surface area contributed by atoms with Crippen molar-refractivity contribution < 1.29 is 23.4 Å². The maximum Gasteiger partial charge on any atom is 0.433 e. The summed E-state index contributed by atoms with van der Waals surface area (Å²) < 4.78 is 36.8. The lowest BCUT2D eigenvalue weighted by atomic mass is 10.3. The minimum atomic E-state index is -4.47. The van der Waals surface area contributed by atoms with Crippen molar-refractivity contribution in [2.75, 3.05) is 12.4 Å². The number of aliphatic hydroxyl groups excluding tert-OH is 2. The van der Waals surface area contributed by atoms with Crippen molar-refractivity contribution in [2.45, 2.75) is 17.3 Å². The van der Waals surface area contributed by atoms with Gasteiger partial charge in [-0.2, -0.15) is 13.2 Å². The Balaban J connectivity index is 2.68. The number of rotatable bonds is 4. The molecule has 0 aliphatic heterocycles. The van der Waals surface area contributed by atoms with Gasteiger partial charge in [0.05, 0.1) is 17.7 Å². The van der Waals surface area contributed by atoms with Crippen LogP contribution in [-0.2, 0) is 6.18 Å². The smallest absolute Gasteiger partial charge is 0.394 e. The summed E-state index contributed by atoms with van der Waals surface area (Å²) in [6.45, 7) is -0.425. The van der Waals surface area contributed by atoms with Crippen LogP contribution in [0.1, 0.15) is 5.69 Å². The molecule has 3 nitrogen and oxygen atoms in total. The quantitative estimate of drug-likeness (QED) is 0.799. The van der Waals surface area contributed by atoms with E-state index >= 15 is 0 Å². The molecule has 2 N–H and O–H groups in total. The number of thioether (sulfide) groups is 1. The number of hydrogen-bond donors (Lipinski definition) is 2. The van der Waals surface area contributed by atoms with E-state index in [2.05, 4.69) is 4.98 Å².